The smallest absolute Gasteiger partial charge is 0.282 e. The zero-order chi connectivity index (χ0) is 17.6. The molecule has 0 aliphatic carbocycles. The van der Waals surface area contributed by atoms with Gasteiger partial charge in [-0.05, 0) is 30.3 Å². The third-order valence-corrected chi connectivity index (χ3v) is 4.07. The first-order chi connectivity index (χ1) is 12.1. The number of nitrogens with one attached hydrogen (secondary N) is 1. The number of carbonyl (C=O) groups excluding carboxylic acids is 1. The van der Waals surface area contributed by atoms with Crippen LogP contribution in [0.1, 0.15) is 10.4 Å². The minimum absolute atomic E-state index is 0.00300. The molecular weight excluding hydrogens is 340 g/mol. The monoisotopic (exact) mass is 352 g/mol. The second-order valence-corrected chi connectivity index (χ2v) is 5.92. The molecule has 1 aromatic carbocycles. The molecule has 3 aromatic rings. The van der Waals surface area contributed by atoms with Crippen LogP contribution in [0.2, 0.25) is 0 Å². The summed E-state index contributed by atoms with van der Waals surface area (Å²) in [7, 11) is 0. The number of carbonyl (C=O) groups is 1. The third kappa shape index (κ3) is 4.18. The predicted molar refractivity (Wildman–Crippen MR) is 93.6 cm³/mol. The maximum atomic E-state index is 12.4. The topological polar surface area (TPSA) is 98.0 Å². The zero-order valence-electron chi connectivity index (χ0n) is 12.8. The number of nitro groups is 1. The maximum Gasteiger partial charge on any atom is 0.282 e. The van der Waals surface area contributed by atoms with E-state index in [4.69, 9.17) is 0 Å². The van der Waals surface area contributed by atoms with Gasteiger partial charge in [0, 0.05) is 24.1 Å². The van der Waals surface area contributed by atoms with E-state index in [0.717, 1.165) is 5.03 Å². The fourth-order valence-corrected chi connectivity index (χ4v) is 2.85. The van der Waals surface area contributed by atoms with Crippen molar-refractivity contribution in [3.63, 3.8) is 0 Å². The van der Waals surface area contributed by atoms with E-state index in [9.17, 15) is 14.9 Å². The molecule has 2 heterocycles. The lowest BCUT2D eigenvalue weighted by Gasteiger charge is -2.07. The highest BCUT2D eigenvalue weighted by Crippen LogP contribution is 2.26. The standard InChI is InChI=1S/C17H12N4O3S/c22-17(13-5-1-2-6-14(13)21(23)24)20-12-8-10-19-16(11-12)25-15-7-3-4-9-18-15/h1-11H,(H,19,20,22). The van der Waals surface area contributed by atoms with E-state index in [2.05, 4.69) is 15.3 Å². The highest BCUT2D eigenvalue weighted by molar-refractivity contribution is 7.99. The molecule has 0 saturated carbocycles. The summed E-state index contributed by atoms with van der Waals surface area (Å²) >= 11 is 1.35. The van der Waals surface area contributed by atoms with Crippen LogP contribution in [0, 0.1) is 10.1 Å². The van der Waals surface area contributed by atoms with Crippen LogP contribution in [0.5, 0.6) is 0 Å². The summed E-state index contributed by atoms with van der Waals surface area (Å²) in [6.45, 7) is 0. The maximum absolute atomic E-state index is 12.4. The Bertz CT molecular complexity index is 919. The summed E-state index contributed by atoms with van der Waals surface area (Å²) in [6, 6.07) is 14.7. The van der Waals surface area contributed by atoms with Gasteiger partial charge in [-0.1, -0.05) is 30.0 Å². The van der Waals surface area contributed by atoms with Gasteiger partial charge in [-0.15, -0.1) is 0 Å². The van der Waals surface area contributed by atoms with Crippen LogP contribution in [0.4, 0.5) is 11.4 Å². The molecule has 3 rings (SSSR count). The number of benzene rings is 1. The fraction of sp³-hybridized carbons (Fsp3) is 0. The predicted octanol–water partition coefficient (Wildman–Crippen LogP) is 3.79. The van der Waals surface area contributed by atoms with Gasteiger partial charge in [0.1, 0.15) is 15.6 Å². The van der Waals surface area contributed by atoms with E-state index in [-0.39, 0.29) is 11.3 Å². The van der Waals surface area contributed by atoms with Crippen LogP contribution < -0.4 is 5.32 Å². The molecule has 1 N–H and O–H groups in total. The zero-order valence-corrected chi connectivity index (χ0v) is 13.6. The number of pyridine rings is 2. The number of amides is 1. The van der Waals surface area contributed by atoms with Gasteiger partial charge in [-0.25, -0.2) is 9.97 Å². The lowest BCUT2D eigenvalue weighted by atomic mass is 10.1. The highest BCUT2D eigenvalue weighted by Gasteiger charge is 2.19. The number of hydrogen-bond donors (Lipinski definition) is 1. The van der Waals surface area contributed by atoms with E-state index in [0.29, 0.717) is 10.7 Å². The molecule has 0 atom stereocenters. The van der Waals surface area contributed by atoms with Crippen molar-refractivity contribution in [1.29, 1.82) is 0 Å². The summed E-state index contributed by atoms with van der Waals surface area (Å²) in [6.07, 6.45) is 3.24. The molecule has 2 aromatic heterocycles. The average Bonchev–Trinajstić information content (AvgIpc) is 2.63. The fourth-order valence-electron chi connectivity index (χ4n) is 2.08. The largest absolute Gasteiger partial charge is 0.322 e. The second-order valence-electron chi connectivity index (χ2n) is 4.88. The Morgan fingerprint density at radius 3 is 2.52 bits per heavy atom. The molecule has 0 aliphatic heterocycles. The van der Waals surface area contributed by atoms with Crippen LogP contribution in [0.3, 0.4) is 0 Å². The van der Waals surface area contributed by atoms with Gasteiger partial charge in [0.15, 0.2) is 0 Å². The average molecular weight is 352 g/mol. The lowest BCUT2D eigenvalue weighted by Crippen LogP contribution is -2.14. The minimum atomic E-state index is -0.580. The number of rotatable bonds is 5. The van der Waals surface area contributed by atoms with E-state index >= 15 is 0 Å². The van der Waals surface area contributed by atoms with Gasteiger partial charge in [-0.3, -0.25) is 14.9 Å². The van der Waals surface area contributed by atoms with Crippen LogP contribution >= 0.6 is 11.8 Å². The second kappa shape index (κ2) is 7.54. The van der Waals surface area contributed by atoms with Crippen molar-refractivity contribution in [3.8, 4) is 0 Å². The van der Waals surface area contributed by atoms with Crippen molar-refractivity contribution in [2.45, 2.75) is 10.1 Å². The molecule has 0 spiro atoms. The summed E-state index contributed by atoms with van der Waals surface area (Å²) in [5, 5.41) is 15.1. The minimum Gasteiger partial charge on any atom is -0.322 e. The van der Waals surface area contributed by atoms with Crippen molar-refractivity contribution < 1.29 is 9.72 Å². The Morgan fingerprint density at radius 1 is 1.00 bits per heavy atom. The molecular formula is C17H12N4O3S. The van der Waals surface area contributed by atoms with E-state index in [1.165, 1.54) is 30.0 Å². The van der Waals surface area contributed by atoms with Gasteiger partial charge in [0.25, 0.3) is 11.6 Å². The number of hydrogen-bond acceptors (Lipinski definition) is 6. The normalized spacial score (nSPS) is 10.2. The summed E-state index contributed by atoms with van der Waals surface area (Å²) in [4.78, 5) is 31.2. The van der Waals surface area contributed by atoms with Gasteiger partial charge in [-0.2, -0.15) is 0 Å². The molecule has 8 heteroatoms. The van der Waals surface area contributed by atoms with Gasteiger partial charge >= 0.3 is 0 Å². The molecule has 7 nitrogen and oxygen atoms in total. The number of aromatic nitrogens is 2. The van der Waals surface area contributed by atoms with E-state index in [1.807, 2.05) is 18.2 Å². The summed E-state index contributed by atoms with van der Waals surface area (Å²) < 4.78 is 0. The first-order valence-electron chi connectivity index (χ1n) is 7.23. The van der Waals surface area contributed by atoms with Crippen molar-refractivity contribution in [1.82, 2.24) is 9.97 Å². The Morgan fingerprint density at radius 2 is 1.76 bits per heavy atom. The molecule has 0 unspecified atom stereocenters. The van der Waals surface area contributed by atoms with Crippen LogP contribution in [-0.2, 0) is 0 Å². The first-order valence-corrected chi connectivity index (χ1v) is 8.05. The number of nitrogens with zero attached hydrogens (tertiary/aromatic N) is 3. The molecule has 0 bridgehead atoms. The number of nitro benzene ring substituents is 1. The van der Waals surface area contributed by atoms with Gasteiger partial charge in [0.2, 0.25) is 0 Å². The molecule has 25 heavy (non-hydrogen) atoms. The van der Waals surface area contributed by atoms with E-state index in [1.54, 1.807) is 30.6 Å². The lowest BCUT2D eigenvalue weighted by molar-refractivity contribution is -0.385. The van der Waals surface area contributed by atoms with Crippen molar-refractivity contribution >= 4 is 29.0 Å². The summed E-state index contributed by atoms with van der Waals surface area (Å²) in [5.41, 5.74) is 0.261. The SMILES string of the molecule is O=C(Nc1ccnc(Sc2ccccn2)c1)c1ccccc1[N+](=O)[O-]. The molecule has 0 fully saturated rings. The first kappa shape index (κ1) is 16.6. The van der Waals surface area contributed by atoms with Crippen molar-refractivity contribution in [3.05, 3.63) is 82.7 Å². The number of anilines is 1. The summed E-state index contributed by atoms with van der Waals surface area (Å²) in [5.74, 6) is -0.549. The quantitative estimate of drug-likeness (QED) is 0.554. The molecule has 124 valence electrons. The molecule has 0 aliphatic rings. The van der Waals surface area contributed by atoms with Crippen LogP contribution in [-0.4, -0.2) is 20.8 Å². The highest BCUT2D eigenvalue weighted by atomic mass is 32.2. The van der Waals surface area contributed by atoms with Gasteiger partial charge in [0.05, 0.1) is 4.92 Å². The Hall–Kier alpha value is -3.26. The molecule has 0 radical (unpaired) electrons. The Labute approximate surface area is 147 Å². The molecule has 1 amide bonds. The Kier molecular flexibility index (Phi) is 5.00. The molecule has 0 saturated heterocycles. The Balaban J connectivity index is 1.78. The van der Waals surface area contributed by atoms with Crippen LogP contribution in [0.25, 0.3) is 0 Å². The van der Waals surface area contributed by atoms with Gasteiger partial charge < -0.3 is 5.32 Å². The van der Waals surface area contributed by atoms with E-state index < -0.39 is 10.8 Å². The third-order valence-electron chi connectivity index (χ3n) is 3.18. The van der Waals surface area contributed by atoms with Crippen molar-refractivity contribution in [2.24, 2.45) is 0 Å². The van der Waals surface area contributed by atoms with Crippen molar-refractivity contribution in [2.75, 3.05) is 5.32 Å². The van der Waals surface area contributed by atoms with Crippen LogP contribution in [0.15, 0.2) is 77.0 Å². The number of para-hydroxylation sites is 1.